The first-order chi connectivity index (χ1) is 9.63. The van der Waals surface area contributed by atoms with E-state index >= 15 is 0 Å². The number of para-hydroxylation sites is 1. The van der Waals surface area contributed by atoms with E-state index in [2.05, 4.69) is 26.0 Å². The molecule has 4 nitrogen and oxygen atoms in total. The van der Waals surface area contributed by atoms with Gasteiger partial charge in [0.25, 0.3) is 0 Å². The molecule has 0 atom stereocenters. The van der Waals surface area contributed by atoms with Gasteiger partial charge >= 0.3 is 0 Å². The number of rotatable bonds is 3. The second-order valence-electron chi connectivity index (χ2n) is 4.66. The molecular weight excluding hydrogens is 318 g/mol. The van der Waals surface area contributed by atoms with Crippen molar-refractivity contribution in [2.24, 2.45) is 7.05 Å². The maximum Gasteiger partial charge on any atom is 0.228 e. The molecule has 0 radical (unpaired) electrons. The summed E-state index contributed by atoms with van der Waals surface area (Å²) in [5.41, 5.74) is 2.92. The molecule has 0 aliphatic heterocycles. The van der Waals surface area contributed by atoms with Crippen LogP contribution in [0.1, 0.15) is 11.4 Å². The average molecular weight is 332 g/mol. The molecule has 0 aliphatic rings. The average Bonchev–Trinajstić information content (AvgIpc) is 2.74. The Kier molecular flexibility index (Phi) is 3.44. The third-order valence-electron chi connectivity index (χ3n) is 3.10. The van der Waals surface area contributed by atoms with Gasteiger partial charge in [-0.15, -0.1) is 0 Å². The minimum absolute atomic E-state index is 0.446. The highest BCUT2D eigenvalue weighted by molar-refractivity contribution is 9.10. The van der Waals surface area contributed by atoms with Crippen LogP contribution in [0.5, 0.6) is 5.88 Å². The van der Waals surface area contributed by atoms with E-state index in [0.717, 1.165) is 26.8 Å². The lowest BCUT2D eigenvalue weighted by atomic mass is 10.2. The second-order valence-corrected chi connectivity index (χ2v) is 5.51. The molecule has 20 heavy (non-hydrogen) atoms. The van der Waals surface area contributed by atoms with E-state index in [9.17, 15) is 0 Å². The Morgan fingerprint density at radius 1 is 1.25 bits per heavy atom. The van der Waals surface area contributed by atoms with Crippen molar-refractivity contribution in [1.29, 1.82) is 0 Å². The summed E-state index contributed by atoms with van der Waals surface area (Å²) in [7, 11) is 1.91. The van der Waals surface area contributed by atoms with Crippen molar-refractivity contribution in [3.63, 3.8) is 0 Å². The van der Waals surface area contributed by atoms with Crippen LogP contribution < -0.4 is 4.74 Å². The zero-order valence-electron chi connectivity index (χ0n) is 11.3. The van der Waals surface area contributed by atoms with E-state index in [-0.39, 0.29) is 0 Å². The van der Waals surface area contributed by atoms with Crippen LogP contribution >= 0.6 is 15.9 Å². The van der Waals surface area contributed by atoms with Gasteiger partial charge in [-0.2, -0.15) is 5.10 Å². The van der Waals surface area contributed by atoms with Gasteiger partial charge < -0.3 is 4.74 Å². The summed E-state index contributed by atoms with van der Waals surface area (Å²) in [5.74, 6) is 0.600. The number of hydrogen-bond acceptors (Lipinski definition) is 3. The quantitative estimate of drug-likeness (QED) is 0.735. The molecule has 5 heteroatoms. The van der Waals surface area contributed by atoms with Gasteiger partial charge in [-0.1, -0.05) is 18.2 Å². The Balaban J connectivity index is 1.87. The fraction of sp³-hybridized carbons (Fsp3) is 0.200. The Morgan fingerprint density at radius 3 is 2.80 bits per heavy atom. The Bertz CT molecular complexity index is 767. The molecule has 0 saturated heterocycles. The number of halogens is 1. The van der Waals surface area contributed by atoms with Gasteiger partial charge in [0.15, 0.2) is 0 Å². The predicted octanol–water partition coefficient (Wildman–Crippen LogP) is 3.62. The molecule has 2 aromatic heterocycles. The fourth-order valence-corrected chi connectivity index (χ4v) is 2.57. The minimum atomic E-state index is 0.446. The van der Waals surface area contributed by atoms with E-state index < -0.39 is 0 Å². The molecule has 0 unspecified atom stereocenters. The molecule has 0 fully saturated rings. The smallest absolute Gasteiger partial charge is 0.228 e. The first kappa shape index (κ1) is 13.1. The minimum Gasteiger partial charge on any atom is -0.470 e. The zero-order chi connectivity index (χ0) is 14.1. The second kappa shape index (κ2) is 5.25. The van der Waals surface area contributed by atoms with Crippen LogP contribution in [0.2, 0.25) is 0 Å². The summed E-state index contributed by atoms with van der Waals surface area (Å²) in [5, 5.41) is 5.39. The van der Waals surface area contributed by atoms with Crippen LogP contribution in [0.4, 0.5) is 0 Å². The number of ether oxygens (including phenoxy) is 1. The lowest BCUT2D eigenvalue weighted by Crippen LogP contribution is -2.04. The molecule has 0 bridgehead atoms. The van der Waals surface area contributed by atoms with Crippen molar-refractivity contribution in [3.8, 4) is 5.88 Å². The van der Waals surface area contributed by atoms with E-state index in [1.165, 1.54) is 0 Å². The number of aryl methyl sites for hydroxylation is 2. The van der Waals surface area contributed by atoms with Crippen LogP contribution in [0.25, 0.3) is 10.9 Å². The summed E-state index contributed by atoms with van der Waals surface area (Å²) in [4.78, 5) is 4.53. The highest BCUT2D eigenvalue weighted by atomic mass is 79.9. The lowest BCUT2D eigenvalue weighted by molar-refractivity contribution is 0.282. The van der Waals surface area contributed by atoms with Crippen molar-refractivity contribution in [2.75, 3.05) is 0 Å². The summed E-state index contributed by atoms with van der Waals surface area (Å²) >= 11 is 3.50. The number of nitrogens with zero attached hydrogens (tertiary/aromatic N) is 3. The number of hydrogen-bond donors (Lipinski definition) is 0. The molecule has 3 aromatic rings. The Hall–Kier alpha value is -1.88. The van der Waals surface area contributed by atoms with E-state index in [4.69, 9.17) is 4.74 Å². The van der Waals surface area contributed by atoms with Crippen LogP contribution in [0.3, 0.4) is 0 Å². The highest BCUT2D eigenvalue weighted by Gasteiger charge is 2.08. The Labute approximate surface area is 125 Å². The number of aromatic nitrogens is 3. The maximum atomic E-state index is 5.81. The number of pyridine rings is 1. The Morgan fingerprint density at radius 2 is 2.05 bits per heavy atom. The van der Waals surface area contributed by atoms with Gasteiger partial charge in [-0.05, 0) is 41.1 Å². The van der Waals surface area contributed by atoms with Gasteiger partial charge in [-0.3, -0.25) is 4.68 Å². The third-order valence-corrected chi connectivity index (χ3v) is 3.67. The first-order valence-electron chi connectivity index (χ1n) is 6.31. The van der Waals surface area contributed by atoms with Crippen molar-refractivity contribution in [3.05, 3.63) is 52.3 Å². The van der Waals surface area contributed by atoms with Crippen LogP contribution in [0, 0.1) is 6.92 Å². The number of benzene rings is 1. The summed E-state index contributed by atoms with van der Waals surface area (Å²) < 4.78 is 8.49. The molecular formula is C15H14BrN3O. The fourth-order valence-electron chi connectivity index (χ4n) is 2.12. The van der Waals surface area contributed by atoms with Gasteiger partial charge in [0.1, 0.15) is 6.61 Å². The molecule has 0 saturated carbocycles. The third kappa shape index (κ3) is 2.54. The van der Waals surface area contributed by atoms with E-state index in [0.29, 0.717) is 12.5 Å². The maximum absolute atomic E-state index is 5.81. The van der Waals surface area contributed by atoms with Crippen LogP contribution in [-0.2, 0) is 13.7 Å². The molecule has 3 rings (SSSR count). The molecule has 0 amide bonds. The van der Waals surface area contributed by atoms with Gasteiger partial charge in [0.05, 0.1) is 21.4 Å². The molecule has 102 valence electrons. The van der Waals surface area contributed by atoms with E-state index in [1.807, 2.05) is 55.1 Å². The molecule has 1 aromatic carbocycles. The largest absolute Gasteiger partial charge is 0.470 e. The van der Waals surface area contributed by atoms with Gasteiger partial charge in [0.2, 0.25) is 5.88 Å². The standard InChI is InChI=1S/C15H14BrN3O/c1-10-7-12(19(2)18-10)9-20-15-13(16)8-11-5-3-4-6-14(11)17-15/h3-8H,9H2,1-2H3. The van der Waals surface area contributed by atoms with Crippen molar-refractivity contribution in [1.82, 2.24) is 14.8 Å². The molecule has 0 aliphatic carbocycles. The van der Waals surface area contributed by atoms with Crippen LogP contribution in [0.15, 0.2) is 40.9 Å². The normalized spacial score (nSPS) is 10.9. The van der Waals surface area contributed by atoms with Crippen LogP contribution in [-0.4, -0.2) is 14.8 Å². The first-order valence-corrected chi connectivity index (χ1v) is 7.10. The molecule has 0 N–H and O–H groups in total. The van der Waals surface area contributed by atoms with Gasteiger partial charge in [0, 0.05) is 12.4 Å². The topological polar surface area (TPSA) is 39.9 Å². The molecule has 2 heterocycles. The van der Waals surface area contributed by atoms with Crippen molar-refractivity contribution in [2.45, 2.75) is 13.5 Å². The highest BCUT2D eigenvalue weighted by Crippen LogP contribution is 2.27. The van der Waals surface area contributed by atoms with Gasteiger partial charge in [-0.25, -0.2) is 4.98 Å². The zero-order valence-corrected chi connectivity index (χ0v) is 12.9. The summed E-state index contributed by atoms with van der Waals surface area (Å²) in [6.45, 7) is 2.41. The SMILES string of the molecule is Cc1cc(COc2nc3ccccc3cc2Br)n(C)n1. The van der Waals surface area contributed by atoms with Crippen molar-refractivity contribution < 1.29 is 4.74 Å². The van der Waals surface area contributed by atoms with E-state index in [1.54, 1.807) is 0 Å². The predicted molar refractivity (Wildman–Crippen MR) is 81.7 cm³/mol. The number of fused-ring (bicyclic) bond motifs is 1. The lowest BCUT2D eigenvalue weighted by Gasteiger charge is -2.08. The summed E-state index contributed by atoms with van der Waals surface area (Å²) in [6.07, 6.45) is 0. The summed E-state index contributed by atoms with van der Waals surface area (Å²) in [6, 6.07) is 12.0. The monoisotopic (exact) mass is 331 g/mol. The van der Waals surface area contributed by atoms with Crippen molar-refractivity contribution >= 4 is 26.8 Å². The molecule has 0 spiro atoms.